The predicted molar refractivity (Wildman–Crippen MR) is 75.6 cm³/mol. The van der Waals surface area contributed by atoms with Gasteiger partial charge in [0.15, 0.2) is 17.6 Å². The third-order valence-corrected chi connectivity index (χ3v) is 4.36. The molecule has 0 spiro atoms. The zero-order chi connectivity index (χ0) is 13.1. The molecule has 2 heterocycles. The van der Waals surface area contributed by atoms with Crippen LogP contribution in [-0.4, -0.2) is 43.9 Å². The Kier molecular flexibility index (Phi) is 3.65. The molecule has 0 bridgehead atoms. The molecule has 104 valence electrons. The molecular formula is C16H24NO2+. The van der Waals surface area contributed by atoms with E-state index in [4.69, 9.17) is 9.47 Å². The molecule has 2 aliphatic rings. The fraction of sp³-hybridized carbons (Fsp3) is 0.625. The van der Waals surface area contributed by atoms with Gasteiger partial charge in [-0.25, -0.2) is 0 Å². The first-order chi connectivity index (χ1) is 9.25. The van der Waals surface area contributed by atoms with E-state index < -0.39 is 0 Å². The van der Waals surface area contributed by atoms with Crippen molar-refractivity contribution < 1.29 is 14.0 Å². The molecule has 3 rings (SSSR count). The summed E-state index contributed by atoms with van der Waals surface area (Å²) in [5.41, 5.74) is 0. The van der Waals surface area contributed by atoms with Crippen molar-refractivity contribution in [3.05, 3.63) is 24.3 Å². The maximum absolute atomic E-state index is 6.10. The van der Waals surface area contributed by atoms with E-state index in [1.807, 2.05) is 24.3 Å². The van der Waals surface area contributed by atoms with Crippen LogP contribution in [0, 0.1) is 0 Å². The summed E-state index contributed by atoms with van der Waals surface area (Å²) in [4.78, 5) is 0. The van der Waals surface area contributed by atoms with Gasteiger partial charge in [0.1, 0.15) is 13.2 Å². The van der Waals surface area contributed by atoms with Gasteiger partial charge >= 0.3 is 0 Å². The van der Waals surface area contributed by atoms with E-state index in [2.05, 4.69) is 7.05 Å². The van der Waals surface area contributed by atoms with Crippen LogP contribution < -0.4 is 9.47 Å². The number of quaternary nitrogens is 1. The molecule has 1 atom stereocenters. The molecule has 0 radical (unpaired) electrons. The zero-order valence-electron chi connectivity index (χ0n) is 11.8. The fourth-order valence-corrected chi connectivity index (χ4v) is 3.28. The molecule has 0 N–H and O–H groups in total. The summed E-state index contributed by atoms with van der Waals surface area (Å²) in [5.74, 6) is 1.79. The van der Waals surface area contributed by atoms with Crippen LogP contribution in [0.3, 0.4) is 0 Å². The average Bonchev–Trinajstić information content (AvgIpc) is 2.63. The quantitative estimate of drug-likeness (QED) is 0.763. The second-order valence-electron chi connectivity index (χ2n) is 6.16. The molecule has 1 aromatic carbocycles. The van der Waals surface area contributed by atoms with Crippen LogP contribution in [0.15, 0.2) is 24.3 Å². The van der Waals surface area contributed by atoms with Crippen LogP contribution in [0.5, 0.6) is 11.5 Å². The van der Waals surface area contributed by atoms with Crippen molar-refractivity contribution in [3.8, 4) is 11.5 Å². The molecule has 0 aromatic heterocycles. The van der Waals surface area contributed by atoms with E-state index in [0.717, 1.165) is 22.5 Å². The predicted octanol–water partition coefficient (Wildman–Crippen LogP) is 2.85. The Hall–Kier alpha value is -1.22. The average molecular weight is 262 g/mol. The first kappa shape index (κ1) is 12.8. The number of fused-ring (bicyclic) bond motifs is 1. The molecule has 2 aliphatic heterocycles. The number of hydrogen-bond donors (Lipinski definition) is 0. The molecule has 3 heteroatoms. The minimum Gasteiger partial charge on any atom is -0.486 e. The third kappa shape index (κ3) is 3.03. The largest absolute Gasteiger partial charge is 0.486 e. The maximum Gasteiger partial charge on any atom is 0.181 e. The van der Waals surface area contributed by atoms with Crippen molar-refractivity contribution in [2.24, 2.45) is 0 Å². The smallest absolute Gasteiger partial charge is 0.181 e. The Morgan fingerprint density at radius 1 is 1.05 bits per heavy atom. The molecule has 1 saturated heterocycles. The van der Waals surface area contributed by atoms with E-state index in [1.165, 1.54) is 38.8 Å². The molecule has 1 unspecified atom stereocenters. The fourth-order valence-electron chi connectivity index (χ4n) is 3.28. The van der Waals surface area contributed by atoms with Crippen LogP contribution in [0.1, 0.15) is 25.7 Å². The maximum atomic E-state index is 6.10. The Bertz CT molecular complexity index is 425. The Balaban J connectivity index is 1.65. The summed E-state index contributed by atoms with van der Waals surface area (Å²) in [6, 6.07) is 7.98. The summed E-state index contributed by atoms with van der Waals surface area (Å²) in [7, 11) is 2.37. The van der Waals surface area contributed by atoms with Gasteiger partial charge in [-0.2, -0.15) is 0 Å². The van der Waals surface area contributed by atoms with Crippen LogP contribution in [-0.2, 0) is 0 Å². The van der Waals surface area contributed by atoms with Gasteiger partial charge in [0.05, 0.1) is 20.1 Å². The first-order valence-corrected chi connectivity index (χ1v) is 7.47. The van der Waals surface area contributed by atoms with Gasteiger partial charge in [-0.15, -0.1) is 0 Å². The van der Waals surface area contributed by atoms with Crippen LogP contribution in [0.4, 0.5) is 0 Å². The normalized spacial score (nSPS) is 25.6. The van der Waals surface area contributed by atoms with Crippen molar-refractivity contribution in [1.82, 2.24) is 0 Å². The van der Waals surface area contributed by atoms with Gasteiger partial charge in [0, 0.05) is 0 Å². The lowest BCUT2D eigenvalue weighted by molar-refractivity contribution is -0.911. The Morgan fingerprint density at radius 3 is 2.47 bits per heavy atom. The highest BCUT2D eigenvalue weighted by molar-refractivity contribution is 5.40. The number of likely N-dealkylation sites (tertiary alicyclic amines) is 1. The van der Waals surface area contributed by atoms with E-state index in [1.54, 1.807) is 0 Å². The minimum atomic E-state index is 0.193. The molecule has 1 fully saturated rings. The second-order valence-corrected chi connectivity index (χ2v) is 6.16. The van der Waals surface area contributed by atoms with Crippen LogP contribution in [0.2, 0.25) is 0 Å². The first-order valence-electron chi connectivity index (χ1n) is 7.47. The highest BCUT2D eigenvalue weighted by atomic mass is 16.6. The number of para-hydroxylation sites is 2. The van der Waals surface area contributed by atoms with Gasteiger partial charge in [0.25, 0.3) is 0 Å². The van der Waals surface area contributed by atoms with Gasteiger partial charge in [-0.05, 0) is 37.8 Å². The number of benzene rings is 1. The molecular weight excluding hydrogens is 238 g/mol. The standard InChI is InChI=1S/C16H24NO2/c1-17(10-6-2-3-7-11-17)12-14-13-18-15-8-4-5-9-16(15)19-14/h4-5,8-9,14H,2-3,6-7,10-13H2,1H3/q+1. The number of likely N-dealkylation sites (N-methyl/N-ethyl adjacent to an activating group) is 1. The zero-order valence-corrected chi connectivity index (χ0v) is 11.8. The van der Waals surface area contributed by atoms with Crippen molar-refractivity contribution >= 4 is 0 Å². The SMILES string of the molecule is C[N+]1(CC2COc3ccccc3O2)CCCCCC1. The summed E-state index contributed by atoms with van der Waals surface area (Å²) in [5, 5.41) is 0. The van der Waals surface area contributed by atoms with Gasteiger partial charge in [0.2, 0.25) is 0 Å². The van der Waals surface area contributed by atoms with E-state index >= 15 is 0 Å². The highest BCUT2D eigenvalue weighted by Crippen LogP contribution is 2.31. The van der Waals surface area contributed by atoms with E-state index in [9.17, 15) is 0 Å². The van der Waals surface area contributed by atoms with E-state index in [-0.39, 0.29) is 6.10 Å². The van der Waals surface area contributed by atoms with Gasteiger partial charge in [-0.3, -0.25) is 0 Å². The summed E-state index contributed by atoms with van der Waals surface area (Å²) < 4.78 is 13.1. The van der Waals surface area contributed by atoms with Crippen molar-refractivity contribution in [2.75, 3.05) is 33.3 Å². The van der Waals surface area contributed by atoms with E-state index in [0.29, 0.717) is 6.61 Å². The number of nitrogens with zero attached hydrogens (tertiary/aromatic N) is 1. The van der Waals surface area contributed by atoms with Crippen LogP contribution in [0.25, 0.3) is 0 Å². The highest BCUT2D eigenvalue weighted by Gasteiger charge is 2.31. The molecule has 1 aromatic rings. The molecule has 19 heavy (non-hydrogen) atoms. The van der Waals surface area contributed by atoms with Crippen molar-refractivity contribution in [1.29, 1.82) is 0 Å². The topological polar surface area (TPSA) is 18.5 Å². The van der Waals surface area contributed by atoms with Gasteiger partial charge < -0.3 is 14.0 Å². The summed E-state index contributed by atoms with van der Waals surface area (Å²) in [6.45, 7) is 4.31. The summed E-state index contributed by atoms with van der Waals surface area (Å²) in [6.07, 6.45) is 5.66. The molecule has 3 nitrogen and oxygen atoms in total. The number of hydrogen-bond acceptors (Lipinski definition) is 2. The number of rotatable bonds is 2. The monoisotopic (exact) mass is 262 g/mol. The number of ether oxygens (including phenoxy) is 2. The lowest BCUT2D eigenvalue weighted by atomic mass is 10.2. The third-order valence-electron chi connectivity index (χ3n) is 4.36. The summed E-state index contributed by atoms with van der Waals surface area (Å²) >= 11 is 0. The van der Waals surface area contributed by atoms with Crippen LogP contribution >= 0.6 is 0 Å². The lowest BCUT2D eigenvalue weighted by Crippen LogP contribution is -2.52. The van der Waals surface area contributed by atoms with Gasteiger partial charge in [-0.1, -0.05) is 12.1 Å². The molecule has 0 saturated carbocycles. The second kappa shape index (κ2) is 5.41. The lowest BCUT2D eigenvalue weighted by Gasteiger charge is -2.37. The Morgan fingerprint density at radius 2 is 1.74 bits per heavy atom. The van der Waals surface area contributed by atoms with Crippen molar-refractivity contribution in [2.45, 2.75) is 31.8 Å². The molecule has 0 amide bonds. The molecule has 0 aliphatic carbocycles. The minimum absolute atomic E-state index is 0.193. The Labute approximate surface area is 115 Å². The van der Waals surface area contributed by atoms with Crippen molar-refractivity contribution in [3.63, 3.8) is 0 Å².